The molecule has 5 heteroatoms. The van der Waals surface area contributed by atoms with Gasteiger partial charge in [0.2, 0.25) is 0 Å². The summed E-state index contributed by atoms with van der Waals surface area (Å²) in [5.41, 5.74) is 1.05. The second-order valence-corrected chi connectivity index (χ2v) is 5.68. The van der Waals surface area contributed by atoms with Crippen molar-refractivity contribution in [1.29, 1.82) is 0 Å². The van der Waals surface area contributed by atoms with Crippen LogP contribution in [0.25, 0.3) is 10.9 Å². The highest BCUT2D eigenvalue weighted by molar-refractivity contribution is 5.98. The third-order valence-corrected chi connectivity index (χ3v) is 4.00. The highest BCUT2D eigenvalue weighted by Gasteiger charge is 2.20. The van der Waals surface area contributed by atoms with E-state index >= 15 is 0 Å². The van der Waals surface area contributed by atoms with Crippen LogP contribution < -0.4 is 5.32 Å². The average molecular weight is 285 g/mol. The number of benzene rings is 1. The first kappa shape index (κ1) is 13.8. The van der Waals surface area contributed by atoms with Gasteiger partial charge in [0.1, 0.15) is 11.4 Å². The predicted molar refractivity (Wildman–Crippen MR) is 82.8 cm³/mol. The van der Waals surface area contributed by atoms with Gasteiger partial charge in [-0.25, -0.2) is 9.78 Å². The van der Waals surface area contributed by atoms with Crippen LogP contribution in [-0.2, 0) is 0 Å². The van der Waals surface area contributed by atoms with E-state index in [1.54, 1.807) is 6.07 Å². The minimum absolute atomic E-state index is 0.236. The molecule has 0 spiro atoms. The lowest BCUT2D eigenvalue weighted by atomic mass is 10.1. The number of aromatic carboxylic acids is 1. The number of fused-ring (bicyclic) bond motifs is 1. The van der Waals surface area contributed by atoms with Gasteiger partial charge in [0, 0.05) is 18.5 Å². The quantitative estimate of drug-likeness (QED) is 0.902. The molecular weight excluding hydrogens is 266 g/mol. The zero-order chi connectivity index (χ0) is 14.8. The van der Waals surface area contributed by atoms with Crippen LogP contribution in [0.5, 0.6) is 0 Å². The van der Waals surface area contributed by atoms with Gasteiger partial charge >= 0.3 is 5.97 Å². The Bertz CT molecular complexity index is 672. The molecule has 1 unspecified atom stereocenters. The van der Waals surface area contributed by atoms with Crippen LogP contribution in [0.2, 0.25) is 0 Å². The Morgan fingerprint density at radius 3 is 3.00 bits per heavy atom. The number of carboxylic acid groups (broad SMARTS) is 1. The second-order valence-electron chi connectivity index (χ2n) is 5.68. The molecule has 1 atom stereocenters. The van der Waals surface area contributed by atoms with Crippen LogP contribution in [0.1, 0.15) is 16.8 Å². The first-order valence-electron chi connectivity index (χ1n) is 7.19. The SMILES string of the molecule is CN1CCC(CNc2nc3ccccc3cc2C(=O)O)C1. The Labute approximate surface area is 123 Å². The van der Waals surface area contributed by atoms with E-state index < -0.39 is 5.97 Å². The van der Waals surface area contributed by atoms with Gasteiger partial charge in [-0.3, -0.25) is 0 Å². The fourth-order valence-electron chi connectivity index (χ4n) is 2.85. The fourth-order valence-corrected chi connectivity index (χ4v) is 2.85. The van der Waals surface area contributed by atoms with Crippen LogP contribution in [0.4, 0.5) is 5.82 Å². The molecule has 110 valence electrons. The highest BCUT2D eigenvalue weighted by Crippen LogP contribution is 2.22. The summed E-state index contributed by atoms with van der Waals surface area (Å²) < 4.78 is 0. The lowest BCUT2D eigenvalue weighted by Crippen LogP contribution is -2.20. The Balaban J connectivity index is 1.85. The largest absolute Gasteiger partial charge is 0.478 e. The molecule has 0 amide bonds. The molecular formula is C16H19N3O2. The van der Waals surface area contributed by atoms with Crippen LogP contribution in [0.15, 0.2) is 30.3 Å². The monoisotopic (exact) mass is 285 g/mol. The molecule has 0 aliphatic carbocycles. The zero-order valence-electron chi connectivity index (χ0n) is 12.0. The van der Waals surface area contributed by atoms with Crippen molar-refractivity contribution < 1.29 is 9.90 Å². The molecule has 1 aromatic heterocycles. The topological polar surface area (TPSA) is 65.5 Å². The number of nitrogens with one attached hydrogen (secondary N) is 1. The van der Waals surface area contributed by atoms with Gasteiger partial charge in [-0.1, -0.05) is 18.2 Å². The Morgan fingerprint density at radius 2 is 2.29 bits per heavy atom. The van der Waals surface area contributed by atoms with Crippen molar-refractivity contribution >= 4 is 22.7 Å². The molecule has 5 nitrogen and oxygen atoms in total. The summed E-state index contributed by atoms with van der Waals surface area (Å²) >= 11 is 0. The molecule has 21 heavy (non-hydrogen) atoms. The maximum Gasteiger partial charge on any atom is 0.339 e. The lowest BCUT2D eigenvalue weighted by Gasteiger charge is -2.14. The molecule has 2 aromatic rings. The number of para-hydroxylation sites is 1. The minimum Gasteiger partial charge on any atom is -0.478 e. The van der Waals surface area contributed by atoms with E-state index in [1.165, 1.54) is 0 Å². The number of nitrogens with zero attached hydrogens (tertiary/aromatic N) is 2. The van der Waals surface area contributed by atoms with Crippen LogP contribution in [0.3, 0.4) is 0 Å². The summed E-state index contributed by atoms with van der Waals surface area (Å²) in [4.78, 5) is 18.2. The molecule has 2 heterocycles. The van der Waals surface area contributed by atoms with Gasteiger partial charge in [-0.15, -0.1) is 0 Å². The molecule has 0 radical (unpaired) electrons. The highest BCUT2D eigenvalue weighted by atomic mass is 16.4. The van der Waals surface area contributed by atoms with Crippen LogP contribution in [0, 0.1) is 5.92 Å². The Hall–Kier alpha value is -2.14. The average Bonchev–Trinajstić information content (AvgIpc) is 2.89. The molecule has 1 saturated heterocycles. The lowest BCUT2D eigenvalue weighted by molar-refractivity contribution is 0.0697. The molecule has 2 N–H and O–H groups in total. The minimum atomic E-state index is -0.945. The number of likely N-dealkylation sites (tertiary alicyclic amines) is 1. The van der Waals surface area contributed by atoms with E-state index in [4.69, 9.17) is 0 Å². The number of anilines is 1. The summed E-state index contributed by atoms with van der Waals surface area (Å²) in [5.74, 6) is 0.0694. The first-order chi connectivity index (χ1) is 10.1. The third kappa shape index (κ3) is 2.97. The number of pyridine rings is 1. The number of hydrogen-bond donors (Lipinski definition) is 2. The molecule has 1 aliphatic heterocycles. The van der Waals surface area contributed by atoms with Crippen molar-refractivity contribution in [3.8, 4) is 0 Å². The van der Waals surface area contributed by atoms with Crippen molar-refractivity contribution in [2.24, 2.45) is 5.92 Å². The van der Waals surface area contributed by atoms with Gasteiger partial charge in [-0.05, 0) is 38.1 Å². The number of hydrogen-bond acceptors (Lipinski definition) is 4. The summed E-state index contributed by atoms with van der Waals surface area (Å²) in [6, 6.07) is 9.26. The van der Waals surface area contributed by atoms with Crippen molar-refractivity contribution in [1.82, 2.24) is 9.88 Å². The smallest absolute Gasteiger partial charge is 0.339 e. The summed E-state index contributed by atoms with van der Waals surface area (Å²) in [5, 5.41) is 13.4. The van der Waals surface area contributed by atoms with Crippen molar-refractivity contribution in [3.63, 3.8) is 0 Å². The first-order valence-corrected chi connectivity index (χ1v) is 7.19. The fraction of sp³-hybridized carbons (Fsp3) is 0.375. The molecule has 3 rings (SSSR count). The van der Waals surface area contributed by atoms with Gasteiger partial charge in [-0.2, -0.15) is 0 Å². The van der Waals surface area contributed by atoms with E-state index in [0.717, 1.165) is 37.0 Å². The summed E-state index contributed by atoms with van der Waals surface area (Å²) in [6.45, 7) is 2.90. The van der Waals surface area contributed by atoms with Crippen molar-refractivity contribution in [3.05, 3.63) is 35.9 Å². The van der Waals surface area contributed by atoms with Crippen molar-refractivity contribution in [2.75, 3.05) is 32.0 Å². The third-order valence-electron chi connectivity index (χ3n) is 4.00. The van der Waals surface area contributed by atoms with E-state index in [0.29, 0.717) is 11.7 Å². The van der Waals surface area contributed by atoms with E-state index in [9.17, 15) is 9.90 Å². The maximum absolute atomic E-state index is 11.4. The molecule has 0 saturated carbocycles. The maximum atomic E-state index is 11.4. The van der Waals surface area contributed by atoms with Gasteiger partial charge < -0.3 is 15.3 Å². The number of aromatic nitrogens is 1. The van der Waals surface area contributed by atoms with Crippen LogP contribution >= 0.6 is 0 Å². The predicted octanol–water partition coefficient (Wildman–Crippen LogP) is 2.30. The van der Waals surface area contributed by atoms with Crippen LogP contribution in [-0.4, -0.2) is 47.6 Å². The molecule has 1 aromatic carbocycles. The van der Waals surface area contributed by atoms with Crippen molar-refractivity contribution in [2.45, 2.75) is 6.42 Å². The summed E-state index contributed by atoms with van der Waals surface area (Å²) in [7, 11) is 2.11. The van der Waals surface area contributed by atoms with Gasteiger partial charge in [0.05, 0.1) is 5.52 Å². The summed E-state index contributed by atoms with van der Waals surface area (Å²) in [6.07, 6.45) is 1.14. The standard InChI is InChI=1S/C16H19N3O2/c1-19-7-6-11(10-19)9-17-15-13(16(20)21)8-12-4-2-3-5-14(12)18-15/h2-5,8,11H,6-7,9-10H2,1H3,(H,17,18)(H,20,21). The Kier molecular flexibility index (Phi) is 3.75. The van der Waals surface area contributed by atoms with E-state index in [2.05, 4.69) is 22.2 Å². The Morgan fingerprint density at radius 1 is 1.48 bits per heavy atom. The number of rotatable bonds is 4. The van der Waals surface area contributed by atoms with Gasteiger partial charge in [0.15, 0.2) is 0 Å². The number of carbonyl (C=O) groups is 1. The number of carboxylic acids is 1. The van der Waals surface area contributed by atoms with E-state index in [-0.39, 0.29) is 5.56 Å². The molecule has 0 bridgehead atoms. The molecule has 1 aliphatic rings. The normalized spacial score (nSPS) is 19.0. The van der Waals surface area contributed by atoms with Gasteiger partial charge in [0.25, 0.3) is 0 Å². The second kappa shape index (κ2) is 5.69. The molecule has 1 fully saturated rings. The zero-order valence-corrected chi connectivity index (χ0v) is 12.0. The van der Waals surface area contributed by atoms with E-state index in [1.807, 2.05) is 24.3 Å².